The topological polar surface area (TPSA) is 192 Å². The van der Waals surface area contributed by atoms with Crippen LogP contribution in [0.25, 0.3) is 0 Å². The molecule has 0 heterocycles. The van der Waals surface area contributed by atoms with Gasteiger partial charge in [0.1, 0.15) is 48.8 Å². The van der Waals surface area contributed by atoms with E-state index in [1.807, 2.05) is 0 Å². The van der Waals surface area contributed by atoms with E-state index in [-0.39, 0.29) is 26.4 Å². The fourth-order valence-electron chi connectivity index (χ4n) is 2.21. The Morgan fingerprint density at radius 1 is 0.562 bits per heavy atom. The highest BCUT2D eigenvalue weighted by Crippen LogP contribution is 2.20. The maximum Gasteiger partial charge on any atom is 0.319 e. The Hall–Kier alpha value is -2.48. The molecule has 0 aromatic heterocycles. The molecule has 0 bridgehead atoms. The van der Waals surface area contributed by atoms with E-state index in [4.69, 9.17) is 49.6 Å². The smallest absolute Gasteiger partial charge is 0.319 e. The van der Waals surface area contributed by atoms with Crippen molar-refractivity contribution in [2.45, 2.75) is 0 Å². The number of carbonyl (C=O) groups is 2. The van der Waals surface area contributed by atoms with Crippen LogP contribution in [0.2, 0.25) is 0 Å². The molecule has 32 heavy (non-hydrogen) atoms. The lowest BCUT2D eigenvalue weighted by atomic mass is 9.91. The summed E-state index contributed by atoms with van der Waals surface area (Å²) < 4.78 is 20.6. The molecule has 0 amide bonds. The van der Waals surface area contributed by atoms with Crippen molar-refractivity contribution in [1.82, 2.24) is 0 Å². The van der Waals surface area contributed by atoms with E-state index in [2.05, 4.69) is 0 Å². The van der Waals surface area contributed by atoms with Gasteiger partial charge in [0.25, 0.3) is 0 Å². The Morgan fingerprint density at radius 3 is 1.09 bits per heavy atom. The van der Waals surface area contributed by atoms with Gasteiger partial charge in [0.05, 0.1) is 39.6 Å². The second-order valence-corrected chi connectivity index (χ2v) is 6.95. The first-order valence-corrected chi connectivity index (χ1v) is 9.72. The number of rotatable bonds is 16. The molecular formula is C20H30O12. The maximum atomic E-state index is 11.8. The number of carbonyl (C=O) groups excluding carboxylic acids is 2. The lowest BCUT2D eigenvalue weighted by Gasteiger charge is -2.24. The number of ether oxygens (including phenoxy) is 4. The SMILES string of the molecule is O=C(OCCOc1ccc(OCCOC(=O)C(CO)(CO)CO)cc1)C(CO)(CO)CO. The molecule has 0 aliphatic rings. The molecule has 0 spiro atoms. The van der Waals surface area contributed by atoms with Crippen molar-refractivity contribution in [2.24, 2.45) is 10.8 Å². The van der Waals surface area contributed by atoms with Gasteiger partial charge in [-0.05, 0) is 24.3 Å². The number of esters is 2. The highest BCUT2D eigenvalue weighted by atomic mass is 16.6. The van der Waals surface area contributed by atoms with E-state index in [1.54, 1.807) is 24.3 Å². The Labute approximate surface area is 184 Å². The van der Waals surface area contributed by atoms with Crippen LogP contribution < -0.4 is 9.47 Å². The third-order valence-corrected chi connectivity index (χ3v) is 4.68. The molecule has 0 unspecified atom stereocenters. The van der Waals surface area contributed by atoms with Crippen LogP contribution >= 0.6 is 0 Å². The molecule has 1 aromatic rings. The van der Waals surface area contributed by atoms with Crippen molar-refractivity contribution < 1.29 is 59.2 Å². The predicted octanol–water partition coefficient (Wildman–Crippen LogP) is -2.54. The molecular weight excluding hydrogens is 432 g/mol. The first-order valence-electron chi connectivity index (χ1n) is 9.72. The molecule has 1 aromatic carbocycles. The van der Waals surface area contributed by atoms with Crippen LogP contribution in [0.4, 0.5) is 0 Å². The van der Waals surface area contributed by atoms with Gasteiger partial charge in [-0.2, -0.15) is 0 Å². The summed E-state index contributed by atoms with van der Waals surface area (Å²) in [5.74, 6) is -0.994. The number of hydrogen-bond donors (Lipinski definition) is 6. The Bertz CT molecular complexity index is 607. The molecule has 12 heteroatoms. The van der Waals surface area contributed by atoms with Crippen molar-refractivity contribution in [1.29, 1.82) is 0 Å². The lowest BCUT2D eigenvalue weighted by Crippen LogP contribution is -2.43. The normalized spacial score (nSPS) is 11.7. The van der Waals surface area contributed by atoms with Crippen LogP contribution in [-0.2, 0) is 19.1 Å². The van der Waals surface area contributed by atoms with Gasteiger partial charge >= 0.3 is 11.9 Å². The third-order valence-electron chi connectivity index (χ3n) is 4.68. The van der Waals surface area contributed by atoms with Gasteiger partial charge in [0, 0.05) is 0 Å². The summed E-state index contributed by atoms with van der Waals surface area (Å²) in [4.78, 5) is 23.7. The lowest BCUT2D eigenvalue weighted by molar-refractivity contribution is -0.167. The second-order valence-electron chi connectivity index (χ2n) is 6.95. The summed E-state index contributed by atoms with van der Waals surface area (Å²) in [7, 11) is 0. The molecule has 1 rings (SSSR count). The van der Waals surface area contributed by atoms with E-state index in [0.717, 1.165) is 0 Å². The van der Waals surface area contributed by atoms with Crippen molar-refractivity contribution in [3.63, 3.8) is 0 Å². The number of hydrogen-bond acceptors (Lipinski definition) is 12. The number of benzene rings is 1. The van der Waals surface area contributed by atoms with Crippen LogP contribution in [0.3, 0.4) is 0 Å². The third kappa shape index (κ3) is 7.29. The van der Waals surface area contributed by atoms with Gasteiger partial charge < -0.3 is 49.6 Å². The first-order chi connectivity index (χ1) is 15.4. The van der Waals surface area contributed by atoms with E-state index < -0.39 is 62.4 Å². The minimum absolute atomic E-state index is 0.0113. The summed E-state index contributed by atoms with van der Waals surface area (Å²) in [6, 6.07) is 6.32. The number of aliphatic hydroxyl groups excluding tert-OH is 6. The van der Waals surface area contributed by atoms with Gasteiger partial charge in [-0.25, -0.2) is 0 Å². The molecule has 0 saturated heterocycles. The molecule has 0 aliphatic carbocycles. The monoisotopic (exact) mass is 462 g/mol. The molecule has 6 N–H and O–H groups in total. The zero-order valence-corrected chi connectivity index (χ0v) is 17.5. The van der Waals surface area contributed by atoms with Gasteiger partial charge in [-0.15, -0.1) is 0 Å². The van der Waals surface area contributed by atoms with Crippen molar-refractivity contribution >= 4 is 11.9 Å². The van der Waals surface area contributed by atoms with Crippen LogP contribution in [0.1, 0.15) is 0 Å². The first kappa shape index (κ1) is 27.6. The molecule has 0 aliphatic heterocycles. The van der Waals surface area contributed by atoms with Crippen molar-refractivity contribution in [3.8, 4) is 11.5 Å². The van der Waals surface area contributed by atoms with Crippen LogP contribution in [0.5, 0.6) is 11.5 Å². The fourth-order valence-corrected chi connectivity index (χ4v) is 2.21. The van der Waals surface area contributed by atoms with Gasteiger partial charge in [-0.1, -0.05) is 0 Å². The molecule has 0 fully saturated rings. The Balaban J connectivity index is 2.35. The summed E-state index contributed by atoms with van der Waals surface area (Å²) >= 11 is 0. The van der Waals surface area contributed by atoms with Crippen molar-refractivity contribution in [2.75, 3.05) is 66.1 Å². The largest absolute Gasteiger partial charge is 0.490 e. The maximum absolute atomic E-state index is 11.8. The van der Waals surface area contributed by atoms with Gasteiger partial charge in [-0.3, -0.25) is 9.59 Å². The summed E-state index contributed by atoms with van der Waals surface area (Å²) in [5.41, 5.74) is -3.52. The van der Waals surface area contributed by atoms with Crippen molar-refractivity contribution in [3.05, 3.63) is 24.3 Å². The molecule has 0 radical (unpaired) electrons. The zero-order chi connectivity index (χ0) is 24.0. The average Bonchev–Trinajstić information content (AvgIpc) is 2.83. The minimum atomic E-state index is -1.76. The van der Waals surface area contributed by atoms with Crippen LogP contribution in [0, 0.1) is 10.8 Å². The second kappa shape index (κ2) is 13.8. The van der Waals surface area contributed by atoms with E-state index in [0.29, 0.717) is 11.5 Å². The number of aliphatic hydroxyl groups is 6. The average molecular weight is 462 g/mol. The highest BCUT2D eigenvalue weighted by Gasteiger charge is 2.39. The summed E-state index contributed by atoms with van der Waals surface area (Å²) in [6.45, 7) is -4.90. The standard InChI is InChI=1S/C20H30O12/c21-9-19(10-22,11-23)17(27)31-7-5-29-15-1-2-16(4-3-15)30-6-8-32-18(28)20(12-24,13-25)14-26/h1-4,21-26H,5-14H2. The van der Waals surface area contributed by atoms with E-state index in [1.165, 1.54) is 0 Å². The predicted molar refractivity (Wildman–Crippen MR) is 107 cm³/mol. The van der Waals surface area contributed by atoms with Crippen LogP contribution in [-0.4, -0.2) is 109 Å². The molecule has 0 saturated carbocycles. The zero-order valence-electron chi connectivity index (χ0n) is 17.5. The Kier molecular flexibility index (Phi) is 11.9. The molecule has 12 nitrogen and oxygen atoms in total. The summed E-state index contributed by atoms with van der Waals surface area (Å²) in [6.07, 6.45) is 0. The molecule has 182 valence electrons. The van der Waals surface area contributed by atoms with E-state index >= 15 is 0 Å². The van der Waals surface area contributed by atoms with E-state index in [9.17, 15) is 9.59 Å². The highest BCUT2D eigenvalue weighted by molar-refractivity contribution is 5.77. The molecule has 0 atom stereocenters. The van der Waals surface area contributed by atoms with Gasteiger partial charge in [0.2, 0.25) is 0 Å². The minimum Gasteiger partial charge on any atom is -0.490 e. The van der Waals surface area contributed by atoms with Crippen LogP contribution in [0.15, 0.2) is 24.3 Å². The quantitative estimate of drug-likeness (QED) is 0.112. The van der Waals surface area contributed by atoms with Gasteiger partial charge in [0.15, 0.2) is 0 Å². The Morgan fingerprint density at radius 2 is 0.844 bits per heavy atom. The fraction of sp³-hybridized carbons (Fsp3) is 0.600. The summed E-state index contributed by atoms with van der Waals surface area (Å²) in [5, 5.41) is 55.0.